The van der Waals surface area contributed by atoms with Crippen molar-refractivity contribution in [1.29, 1.82) is 0 Å². The van der Waals surface area contributed by atoms with Gasteiger partial charge in [-0.1, -0.05) is 38.5 Å². The van der Waals surface area contributed by atoms with E-state index in [2.05, 4.69) is 0 Å². The van der Waals surface area contributed by atoms with Gasteiger partial charge in [0.25, 0.3) is 5.91 Å². The summed E-state index contributed by atoms with van der Waals surface area (Å²) in [5, 5.41) is 9.73. The molecule has 0 bridgehead atoms. The van der Waals surface area contributed by atoms with Crippen molar-refractivity contribution in [2.45, 2.75) is 76.3 Å². The van der Waals surface area contributed by atoms with E-state index in [0.717, 1.165) is 49.8 Å². The number of carboxylic acids is 1. The number of amides is 1. The summed E-state index contributed by atoms with van der Waals surface area (Å²) in [5.41, 5.74) is 0. The Morgan fingerprint density at radius 3 is 2.30 bits per heavy atom. The molecule has 0 atom stereocenters. The van der Waals surface area contributed by atoms with E-state index in [-0.39, 0.29) is 18.0 Å². The zero-order valence-electron chi connectivity index (χ0n) is 13.4. The molecule has 3 fully saturated rings. The first-order chi connectivity index (χ1) is 11.1. The molecule has 0 aromatic carbocycles. The van der Waals surface area contributed by atoms with Gasteiger partial charge in [-0.25, -0.2) is 4.79 Å². The lowest BCUT2D eigenvalue weighted by Crippen LogP contribution is -2.41. The lowest BCUT2D eigenvalue weighted by atomic mass is 9.94. The Bertz CT molecular complexity index is 532. The van der Waals surface area contributed by atoms with Crippen LogP contribution in [0.4, 0.5) is 0 Å². The fraction of sp³-hybridized carbons (Fsp3) is 0.706. The molecule has 2 saturated carbocycles. The van der Waals surface area contributed by atoms with Crippen LogP contribution < -0.4 is 0 Å². The van der Waals surface area contributed by atoms with E-state index in [0.29, 0.717) is 4.91 Å². The van der Waals surface area contributed by atoms with Gasteiger partial charge >= 0.3 is 5.97 Å². The van der Waals surface area contributed by atoms with E-state index < -0.39 is 5.97 Å². The SMILES string of the molecule is O=C(O)C=C1SC(=NC2CCCCC2)N(C2CCCCC2)C1=O. The molecule has 1 saturated heterocycles. The summed E-state index contributed by atoms with van der Waals surface area (Å²) in [6, 6.07) is 0.472. The maximum Gasteiger partial charge on any atom is 0.329 e. The van der Waals surface area contributed by atoms with Gasteiger partial charge in [0.05, 0.1) is 10.9 Å². The molecule has 5 nitrogen and oxygen atoms in total. The minimum Gasteiger partial charge on any atom is -0.478 e. The first-order valence-corrected chi connectivity index (χ1v) is 9.50. The van der Waals surface area contributed by atoms with Crippen molar-refractivity contribution >= 4 is 28.8 Å². The Labute approximate surface area is 141 Å². The minimum atomic E-state index is -1.07. The number of aliphatic carboxylic acids is 1. The van der Waals surface area contributed by atoms with E-state index in [1.165, 1.54) is 37.4 Å². The first kappa shape index (κ1) is 16.6. The van der Waals surface area contributed by atoms with Crippen molar-refractivity contribution in [1.82, 2.24) is 4.90 Å². The van der Waals surface area contributed by atoms with Crippen LogP contribution in [0.2, 0.25) is 0 Å². The van der Waals surface area contributed by atoms with Crippen molar-refractivity contribution < 1.29 is 14.7 Å². The molecule has 0 unspecified atom stereocenters. The average molecular weight is 336 g/mol. The summed E-state index contributed by atoms with van der Waals surface area (Å²) in [4.78, 5) is 30.6. The van der Waals surface area contributed by atoms with Crippen molar-refractivity contribution in [3.63, 3.8) is 0 Å². The lowest BCUT2D eigenvalue weighted by molar-refractivity contribution is -0.132. The van der Waals surface area contributed by atoms with Crippen LogP contribution in [-0.4, -0.2) is 39.1 Å². The van der Waals surface area contributed by atoms with Gasteiger partial charge < -0.3 is 5.11 Å². The van der Waals surface area contributed by atoms with Gasteiger partial charge in [0.15, 0.2) is 5.17 Å². The fourth-order valence-corrected chi connectivity index (χ4v) is 4.79. The third-order valence-electron chi connectivity index (χ3n) is 4.90. The predicted molar refractivity (Wildman–Crippen MR) is 91.3 cm³/mol. The number of rotatable bonds is 3. The summed E-state index contributed by atoms with van der Waals surface area (Å²) in [6.45, 7) is 0. The smallest absolute Gasteiger partial charge is 0.329 e. The number of carbonyl (C=O) groups is 2. The number of carboxylic acid groups (broad SMARTS) is 1. The molecule has 1 N–H and O–H groups in total. The number of thioether (sulfide) groups is 1. The molecule has 126 valence electrons. The number of aliphatic imine (C=N–C) groups is 1. The summed E-state index contributed by atoms with van der Waals surface area (Å²) >= 11 is 1.25. The maximum absolute atomic E-state index is 12.7. The van der Waals surface area contributed by atoms with Crippen LogP contribution in [-0.2, 0) is 9.59 Å². The molecule has 2 aliphatic carbocycles. The monoisotopic (exact) mass is 336 g/mol. The molecule has 0 spiro atoms. The van der Waals surface area contributed by atoms with E-state index in [4.69, 9.17) is 10.1 Å². The second-order valence-electron chi connectivity index (χ2n) is 6.62. The minimum absolute atomic E-state index is 0.168. The number of nitrogens with zero attached hydrogens (tertiary/aromatic N) is 2. The van der Waals surface area contributed by atoms with Crippen LogP contribution >= 0.6 is 11.8 Å². The van der Waals surface area contributed by atoms with Crippen molar-refractivity contribution in [3.05, 3.63) is 11.0 Å². The normalized spacial score (nSPS) is 28.0. The van der Waals surface area contributed by atoms with Crippen LogP contribution in [0.3, 0.4) is 0 Å². The van der Waals surface area contributed by atoms with Gasteiger partial charge in [0.2, 0.25) is 0 Å². The Balaban J connectivity index is 1.85. The van der Waals surface area contributed by atoms with Crippen molar-refractivity contribution in [2.24, 2.45) is 4.99 Å². The highest BCUT2D eigenvalue weighted by molar-refractivity contribution is 8.18. The molecule has 0 radical (unpaired) electrons. The fourth-order valence-electron chi connectivity index (χ4n) is 3.72. The van der Waals surface area contributed by atoms with E-state index in [1.54, 1.807) is 4.90 Å². The van der Waals surface area contributed by atoms with Crippen LogP contribution in [0.25, 0.3) is 0 Å². The zero-order chi connectivity index (χ0) is 16.2. The Morgan fingerprint density at radius 2 is 1.70 bits per heavy atom. The third kappa shape index (κ3) is 3.97. The van der Waals surface area contributed by atoms with E-state index in [1.807, 2.05) is 0 Å². The molecule has 0 aromatic rings. The summed E-state index contributed by atoms with van der Waals surface area (Å²) in [6.07, 6.45) is 12.3. The largest absolute Gasteiger partial charge is 0.478 e. The van der Waals surface area contributed by atoms with E-state index in [9.17, 15) is 9.59 Å². The van der Waals surface area contributed by atoms with Crippen LogP contribution in [0.1, 0.15) is 64.2 Å². The average Bonchev–Trinajstić information content (AvgIpc) is 2.84. The molecule has 6 heteroatoms. The number of carbonyl (C=O) groups excluding carboxylic acids is 1. The molecule has 3 aliphatic rings. The van der Waals surface area contributed by atoms with Crippen molar-refractivity contribution in [3.8, 4) is 0 Å². The van der Waals surface area contributed by atoms with Crippen LogP contribution in [0.15, 0.2) is 16.0 Å². The Hall–Kier alpha value is -1.30. The van der Waals surface area contributed by atoms with Crippen LogP contribution in [0, 0.1) is 0 Å². The topological polar surface area (TPSA) is 70.0 Å². The van der Waals surface area contributed by atoms with Crippen molar-refractivity contribution in [2.75, 3.05) is 0 Å². The van der Waals surface area contributed by atoms with Gasteiger partial charge in [-0.2, -0.15) is 0 Å². The quantitative estimate of drug-likeness (QED) is 0.800. The zero-order valence-corrected chi connectivity index (χ0v) is 14.2. The summed E-state index contributed by atoms with van der Waals surface area (Å²) in [5.74, 6) is -1.23. The first-order valence-electron chi connectivity index (χ1n) is 8.69. The summed E-state index contributed by atoms with van der Waals surface area (Å²) in [7, 11) is 0. The number of hydrogen-bond donors (Lipinski definition) is 1. The lowest BCUT2D eigenvalue weighted by Gasteiger charge is -2.31. The number of hydrogen-bond acceptors (Lipinski definition) is 4. The Morgan fingerprint density at radius 1 is 1.09 bits per heavy atom. The van der Waals surface area contributed by atoms with Gasteiger partial charge in [0, 0.05) is 12.1 Å². The highest BCUT2D eigenvalue weighted by Gasteiger charge is 2.39. The molecule has 0 aromatic heterocycles. The van der Waals surface area contributed by atoms with Gasteiger partial charge in [-0.05, 0) is 37.4 Å². The molecular formula is C17H24N2O3S. The molecule has 1 heterocycles. The maximum atomic E-state index is 12.7. The molecule has 1 aliphatic heterocycles. The second kappa shape index (κ2) is 7.51. The second-order valence-corrected chi connectivity index (χ2v) is 7.63. The number of amidine groups is 1. The molecule has 1 amide bonds. The standard InChI is InChI=1S/C17H24N2O3S/c20-15(21)11-14-16(22)19(13-9-5-2-6-10-13)17(23-14)18-12-7-3-1-4-8-12/h11-13H,1-10H2,(H,20,21). The summed E-state index contributed by atoms with van der Waals surface area (Å²) < 4.78 is 0. The third-order valence-corrected chi connectivity index (χ3v) is 5.90. The predicted octanol–water partition coefficient (Wildman–Crippen LogP) is 3.55. The van der Waals surface area contributed by atoms with E-state index >= 15 is 0 Å². The Kier molecular flexibility index (Phi) is 5.41. The van der Waals surface area contributed by atoms with Crippen LogP contribution in [0.5, 0.6) is 0 Å². The highest BCUT2D eigenvalue weighted by Crippen LogP contribution is 2.37. The highest BCUT2D eigenvalue weighted by atomic mass is 32.2. The molecule has 23 heavy (non-hydrogen) atoms. The van der Waals surface area contributed by atoms with Gasteiger partial charge in [-0.3, -0.25) is 14.7 Å². The molecule has 3 rings (SSSR count). The van der Waals surface area contributed by atoms with Gasteiger partial charge in [-0.15, -0.1) is 0 Å². The molecular weight excluding hydrogens is 312 g/mol. The van der Waals surface area contributed by atoms with Gasteiger partial charge in [0.1, 0.15) is 0 Å².